The molecule has 3 unspecified atom stereocenters. The molecule has 1 aromatic heterocycles. The Hall–Kier alpha value is -1.61. The van der Waals surface area contributed by atoms with Crippen molar-refractivity contribution in [3.05, 3.63) is 48.3 Å². The van der Waals surface area contributed by atoms with Gasteiger partial charge in [0.15, 0.2) is 0 Å². The Morgan fingerprint density at radius 1 is 1.25 bits per heavy atom. The van der Waals surface area contributed by atoms with Crippen LogP contribution < -0.4 is 0 Å². The molecule has 1 saturated carbocycles. The SMILES string of the molecule is CC1CCC(O)C(Cc2cnn(-c3ccccc3)c2)C1. The fraction of sp³-hybridized carbons (Fsp3) is 0.471. The van der Waals surface area contributed by atoms with Crippen LogP contribution >= 0.6 is 0 Å². The fourth-order valence-corrected chi connectivity index (χ4v) is 3.19. The van der Waals surface area contributed by atoms with E-state index in [-0.39, 0.29) is 6.10 Å². The van der Waals surface area contributed by atoms with E-state index in [1.54, 1.807) is 0 Å². The molecule has 0 saturated heterocycles. The quantitative estimate of drug-likeness (QED) is 0.930. The molecule has 3 rings (SSSR count). The topological polar surface area (TPSA) is 38.1 Å². The van der Waals surface area contributed by atoms with Gasteiger partial charge in [-0.05, 0) is 55.2 Å². The lowest BCUT2D eigenvalue weighted by molar-refractivity contribution is 0.0519. The van der Waals surface area contributed by atoms with Crippen molar-refractivity contribution in [1.82, 2.24) is 9.78 Å². The number of aromatic nitrogens is 2. The highest BCUT2D eigenvalue weighted by Gasteiger charge is 2.27. The number of hydrogen-bond acceptors (Lipinski definition) is 2. The predicted octanol–water partition coefficient (Wildman–Crippen LogP) is 3.21. The number of hydrogen-bond donors (Lipinski definition) is 1. The van der Waals surface area contributed by atoms with Gasteiger partial charge in [0.2, 0.25) is 0 Å². The second kappa shape index (κ2) is 5.80. The van der Waals surface area contributed by atoms with Gasteiger partial charge in [-0.1, -0.05) is 25.1 Å². The van der Waals surface area contributed by atoms with Crippen LogP contribution in [0, 0.1) is 11.8 Å². The minimum Gasteiger partial charge on any atom is -0.393 e. The summed E-state index contributed by atoms with van der Waals surface area (Å²) in [5.74, 6) is 1.11. The van der Waals surface area contributed by atoms with Gasteiger partial charge in [0, 0.05) is 6.20 Å². The third-order valence-corrected chi connectivity index (χ3v) is 4.36. The monoisotopic (exact) mass is 270 g/mol. The van der Waals surface area contributed by atoms with E-state index < -0.39 is 0 Å². The molecule has 1 aliphatic carbocycles. The van der Waals surface area contributed by atoms with Crippen molar-refractivity contribution in [2.24, 2.45) is 11.8 Å². The van der Waals surface area contributed by atoms with Crippen LogP contribution in [-0.4, -0.2) is 21.0 Å². The first-order valence-corrected chi connectivity index (χ1v) is 7.49. The Labute approximate surface area is 120 Å². The van der Waals surface area contributed by atoms with Gasteiger partial charge in [0.25, 0.3) is 0 Å². The highest BCUT2D eigenvalue weighted by Crippen LogP contribution is 2.31. The molecule has 1 heterocycles. The molecule has 2 aromatic rings. The molecule has 0 bridgehead atoms. The molecule has 0 spiro atoms. The van der Waals surface area contributed by atoms with Crippen molar-refractivity contribution in [1.29, 1.82) is 0 Å². The van der Waals surface area contributed by atoms with Crippen LogP contribution in [0.5, 0.6) is 0 Å². The maximum Gasteiger partial charge on any atom is 0.0645 e. The fourth-order valence-electron chi connectivity index (χ4n) is 3.19. The molecule has 1 aromatic carbocycles. The molecule has 1 aliphatic rings. The standard InChI is InChI=1S/C17H22N2O/c1-13-7-8-17(20)15(9-13)10-14-11-18-19(12-14)16-5-3-2-4-6-16/h2-6,11-13,15,17,20H,7-10H2,1H3. The Morgan fingerprint density at radius 2 is 2.05 bits per heavy atom. The molecule has 0 amide bonds. The first-order chi connectivity index (χ1) is 9.72. The van der Waals surface area contributed by atoms with Gasteiger partial charge in [0.1, 0.15) is 0 Å². The van der Waals surface area contributed by atoms with Gasteiger partial charge in [-0.15, -0.1) is 0 Å². The predicted molar refractivity (Wildman–Crippen MR) is 79.8 cm³/mol. The first kappa shape index (κ1) is 13.4. The summed E-state index contributed by atoms with van der Waals surface area (Å²) in [6.45, 7) is 2.28. The Balaban J connectivity index is 1.71. The van der Waals surface area contributed by atoms with E-state index in [2.05, 4.69) is 18.2 Å². The van der Waals surface area contributed by atoms with E-state index in [0.717, 1.165) is 37.3 Å². The van der Waals surface area contributed by atoms with Crippen molar-refractivity contribution in [3.8, 4) is 5.69 Å². The molecule has 3 atom stereocenters. The van der Waals surface area contributed by atoms with Crippen molar-refractivity contribution in [2.45, 2.75) is 38.7 Å². The number of para-hydroxylation sites is 1. The summed E-state index contributed by atoms with van der Waals surface area (Å²) in [4.78, 5) is 0. The molecule has 20 heavy (non-hydrogen) atoms. The second-order valence-corrected chi connectivity index (χ2v) is 6.08. The van der Waals surface area contributed by atoms with Crippen LogP contribution in [0.1, 0.15) is 31.7 Å². The lowest BCUT2D eigenvalue weighted by atomic mass is 9.78. The second-order valence-electron chi connectivity index (χ2n) is 6.08. The smallest absolute Gasteiger partial charge is 0.0645 e. The molecule has 3 nitrogen and oxygen atoms in total. The van der Waals surface area contributed by atoms with Gasteiger partial charge in [-0.2, -0.15) is 5.10 Å². The number of rotatable bonds is 3. The molecule has 1 N–H and O–H groups in total. The highest BCUT2D eigenvalue weighted by atomic mass is 16.3. The van der Waals surface area contributed by atoms with Gasteiger partial charge in [-0.3, -0.25) is 0 Å². The molecule has 0 radical (unpaired) electrons. The van der Waals surface area contributed by atoms with Crippen LogP contribution in [0.3, 0.4) is 0 Å². The van der Waals surface area contributed by atoms with Crippen molar-refractivity contribution < 1.29 is 5.11 Å². The van der Waals surface area contributed by atoms with E-state index in [1.165, 1.54) is 5.56 Å². The third kappa shape index (κ3) is 2.93. The molecular formula is C17H22N2O. The zero-order chi connectivity index (χ0) is 13.9. The Bertz CT molecular complexity index is 549. The van der Waals surface area contributed by atoms with Crippen LogP contribution in [0.25, 0.3) is 5.69 Å². The Morgan fingerprint density at radius 3 is 2.85 bits per heavy atom. The average Bonchev–Trinajstić information content (AvgIpc) is 2.92. The maximum atomic E-state index is 10.1. The minimum absolute atomic E-state index is 0.147. The van der Waals surface area contributed by atoms with Gasteiger partial charge >= 0.3 is 0 Å². The average molecular weight is 270 g/mol. The summed E-state index contributed by atoms with van der Waals surface area (Å²) in [6, 6.07) is 10.1. The van der Waals surface area contributed by atoms with Crippen molar-refractivity contribution >= 4 is 0 Å². The maximum absolute atomic E-state index is 10.1. The molecule has 3 heteroatoms. The third-order valence-electron chi connectivity index (χ3n) is 4.36. The van der Waals surface area contributed by atoms with Gasteiger partial charge in [0.05, 0.1) is 18.0 Å². The van der Waals surface area contributed by atoms with Crippen LogP contribution in [0.15, 0.2) is 42.7 Å². The summed E-state index contributed by atoms with van der Waals surface area (Å²) >= 11 is 0. The van der Waals surface area contributed by atoms with Gasteiger partial charge < -0.3 is 5.11 Å². The molecular weight excluding hydrogens is 248 g/mol. The number of aliphatic hydroxyl groups is 1. The number of nitrogens with zero attached hydrogens (tertiary/aromatic N) is 2. The summed E-state index contributed by atoms with van der Waals surface area (Å²) in [6.07, 6.45) is 8.02. The highest BCUT2D eigenvalue weighted by molar-refractivity contribution is 5.31. The van der Waals surface area contributed by atoms with Gasteiger partial charge in [-0.25, -0.2) is 4.68 Å². The lowest BCUT2D eigenvalue weighted by Crippen LogP contribution is -2.29. The zero-order valence-corrected chi connectivity index (χ0v) is 11.9. The van der Waals surface area contributed by atoms with E-state index in [4.69, 9.17) is 0 Å². The number of aliphatic hydroxyl groups excluding tert-OH is 1. The normalized spacial score (nSPS) is 26.6. The van der Waals surface area contributed by atoms with E-state index in [1.807, 2.05) is 41.2 Å². The van der Waals surface area contributed by atoms with Crippen molar-refractivity contribution in [2.75, 3.05) is 0 Å². The molecule has 106 valence electrons. The first-order valence-electron chi connectivity index (χ1n) is 7.49. The largest absolute Gasteiger partial charge is 0.393 e. The molecule has 1 fully saturated rings. The van der Waals surface area contributed by atoms with Crippen LogP contribution in [0.2, 0.25) is 0 Å². The van der Waals surface area contributed by atoms with E-state index in [0.29, 0.717) is 5.92 Å². The summed E-state index contributed by atoms with van der Waals surface area (Å²) in [7, 11) is 0. The lowest BCUT2D eigenvalue weighted by Gasteiger charge is -2.31. The summed E-state index contributed by atoms with van der Waals surface area (Å²) in [5.41, 5.74) is 2.29. The van der Waals surface area contributed by atoms with Crippen LogP contribution in [0.4, 0.5) is 0 Å². The Kier molecular flexibility index (Phi) is 3.88. The van der Waals surface area contributed by atoms with E-state index in [9.17, 15) is 5.11 Å². The van der Waals surface area contributed by atoms with Crippen molar-refractivity contribution in [3.63, 3.8) is 0 Å². The zero-order valence-electron chi connectivity index (χ0n) is 11.9. The summed E-state index contributed by atoms with van der Waals surface area (Å²) < 4.78 is 1.91. The van der Waals surface area contributed by atoms with Crippen LogP contribution in [-0.2, 0) is 6.42 Å². The number of benzene rings is 1. The molecule has 0 aliphatic heterocycles. The summed E-state index contributed by atoms with van der Waals surface area (Å²) in [5, 5.41) is 14.6. The van der Waals surface area contributed by atoms with E-state index >= 15 is 0 Å². The minimum atomic E-state index is -0.147.